The lowest BCUT2D eigenvalue weighted by Gasteiger charge is -2.15. The van der Waals surface area contributed by atoms with Gasteiger partial charge in [0.15, 0.2) is 5.96 Å². The molecule has 2 amide bonds. The van der Waals surface area contributed by atoms with E-state index in [0.29, 0.717) is 23.8 Å². The summed E-state index contributed by atoms with van der Waals surface area (Å²) in [6.07, 6.45) is 0. The predicted molar refractivity (Wildman–Crippen MR) is 114 cm³/mol. The third-order valence-electron chi connectivity index (χ3n) is 3.95. The van der Waals surface area contributed by atoms with E-state index in [1.807, 2.05) is 38.1 Å². The number of alkyl halides is 2. The molecule has 0 aliphatic heterocycles. The summed E-state index contributed by atoms with van der Waals surface area (Å²) in [5, 5.41) is 11.7. The summed E-state index contributed by atoms with van der Waals surface area (Å²) in [5.74, 6) is 0.639. The molecule has 0 unspecified atom stereocenters. The molecule has 0 saturated heterocycles. The zero-order valence-electron chi connectivity index (χ0n) is 17.2. The number of rotatable bonds is 8. The summed E-state index contributed by atoms with van der Waals surface area (Å²) in [4.78, 5) is 15.9. The quantitative estimate of drug-likeness (QED) is 0.388. The number of hydrogen-bond donors (Lipinski definition) is 4. The van der Waals surface area contributed by atoms with Crippen molar-refractivity contribution in [2.45, 2.75) is 39.6 Å². The van der Waals surface area contributed by atoms with Crippen LogP contribution in [0.3, 0.4) is 0 Å². The zero-order valence-corrected chi connectivity index (χ0v) is 17.2. The molecule has 162 valence electrons. The minimum atomic E-state index is -2.88. The zero-order chi connectivity index (χ0) is 21.9. The summed E-state index contributed by atoms with van der Waals surface area (Å²) in [5.41, 5.74) is 2.26. The first-order valence-electron chi connectivity index (χ1n) is 9.51. The Morgan fingerprint density at radius 3 is 2.33 bits per heavy atom. The number of para-hydroxylation sites is 1. The van der Waals surface area contributed by atoms with Gasteiger partial charge in [-0.15, -0.1) is 0 Å². The molecule has 30 heavy (non-hydrogen) atoms. The van der Waals surface area contributed by atoms with Crippen LogP contribution in [0.5, 0.6) is 5.75 Å². The largest absolute Gasteiger partial charge is 0.434 e. The number of nitrogens with one attached hydrogen (secondary N) is 4. The van der Waals surface area contributed by atoms with Gasteiger partial charge in [0.2, 0.25) is 0 Å². The third-order valence-corrected chi connectivity index (χ3v) is 3.95. The highest BCUT2D eigenvalue weighted by Gasteiger charge is 2.09. The van der Waals surface area contributed by atoms with Gasteiger partial charge in [0, 0.05) is 37.4 Å². The standard InChI is InChI=1S/C21H27F2N5O2/c1-14(2)27-21(29)28-17-10-8-15(9-11-17)12-25-20(24-3)26-13-16-6-4-5-7-18(16)30-19(22)23/h4-11,14,19H,12-13H2,1-3H3,(H2,24,25,26)(H2,27,28,29). The van der Waals surface area contributed by atoms with E-state index in [1.165, 1.54) is 6.07 Å². The number of hydrogen-bond acceptors (Lipinski definition) is 3. The second kappa shape index (κ2) is 11.6. The van der Waals surface area contributed by atoms with Crippen molar-refractivity contribution in [3.8, 4) is 5.75 Å². The first-order chi connectivity index (χ1) is 14.4. The van der Waals surface area contributed by atoms with Gasteiger partial charge in [0.25, 0.3) is 0 Å². The van der Waals surface area contributed by atoms with Gasteiger partial charge in [-0.2, -0.15) is 8.78 Å². The molecule has 2 aromatic carbocycles. The lowest BCUT2D eigenvalue weighted by molar-refractivity contribution is -0.0504. The van der Waals surface area contributed by atoms with Crippen LogP contribution < -0.4 is 26.0 Å². The number of anilines is 1. The van der Waals surface area contributed by atoms with Crippen molar-refractivity contribution in [3.63, 3.8) is 0 Å². The maximum absolute atomic E-state index is 12.5. The number of guanidine groups is 1. The van der Waals surface area contributed by atoms with Crippen molar-refractivity contribution >= 4 is 17.7 Å². The molecule has 0 saturated carbocycles. The molecule has 0 aromatic heterocycles. The molecule has 0 radical (unpaired) electrons. The lowest BCUT2D eigenvalue weighted by Crippen LogP contribution is -2.36. The molecule has 0 fully saturated rings. The summed E-state index contributed by atoms with van der Waals surface area (Å²) < 4.78 is 29.6. The molecule has 9 heteroatoms. The van der Waals surface area contributed by atoms with E-state index < -0.39 is 6.61 Å². The van der Waals surface area contributed by atoms with E-state index in [1.54, 1.807) is 25.2 Å². The van der Waals surface area contributed by atoms with Crippen LogP contribution in [-0.2, 0) is 13.1 Å². The summed E-state index contributed by atoms with van der Waals surface area (Å²) in [6, 6.07) is 13.8. The van der Waals surface area contributed by atoms with E-state index >= 15 is 0 Å². The number of urea groups is 1. The Morgan fingerprint density at radius 1 is 1.03 bits per heavy atom. The van der Waals surface area contributed by atoms with Gasteiger partial charge >= 0.3 is 12.6 Å². The van der Waals surface area contributed by atoms with Gasteiger partial charge in [0.1, 0.15) is 5.75 Å². The fourth-order valence-electron chi connectivity index (χ4n) is 2.58. The van der Waals surface area contributed by atoms with Crippen LogP contribution in [0.25, 0.3) is 0 Å². The number of nitrogens with zero attached hydrogens (tertiary/aromatic N) is 1. The van der Waals surface area contributed by atoms with Crippen LogP contribution in [0.2, 0.25) is 0 Å². The molecule has 4 N–H and O–H groups in total. The minimum Gasteiger partial charge on any atom is -0.434 e. The maximum Gasteiger partial charge on any atom is 0.387 e. The highest BCUT2D eigenvalue weighted by molar-refractivity contribution is 5.89. The Hall–Kier alpha value is -3.36. The monoisotopic (exact) mass is 419 g/mol. The first-order valence-corrected chi connectivity index (χ1v) is 9.51. The highest BCUT2D eigenvalue weighted by atomic mass is 19.3. The van der Waals surface area contributed by atoms with E-state index in [4.69, 9.17) is 0 Å². The fraction of sp³-hybridized carbons (Fsp3) is 0.333. The van der Waals surface area contributed by atoms with E-state index in [9.17, 15) is 13.6 Å². The molecule has 0 heterocycles. The normalized spacial score (nSPS) is 11.4. The van der Waals surface area contributed by atoms with Gasteiger partial charge in [0.05, 0.1) is 0 Å². The molecule has 7 nitrogen and oxygen atoms in total. The van der Waals surface area contributed by atoms with Crippen molar-refractivity contribution in [2.24, 2.45) is 4.99 Å². The van der Waals surface area contributed by atoms with Crippen LogP contribution in [0.4, 0.5) is 19.3 Å². The van der Waals surface area contributed by atoms with Gasteiger partial charge in [-0.1, -0.05) is 30.3 Å². The van der Waals surface area contributed by atoms with Crippen LogP contribution >= 0.6 is 0 Å². The molecular weight excluding hydrogens is 392 g/mol. The smallest absolute Gasteiger partial charge is 0.387 e. The van der Waals surface area contributed by atoms with Gasteiger partial charge < -0.3 is 26.0 Å². The van der Waals surface area contributed by atoms with Crippen molar-refractivity contribution < 1.29 is 18.3 Å². The first kappa shape index (κ1) is 22.9. The number of carbonyl (C=O) groups is 1. The van der Waals surface area contributed by atoms with Crippen molar-refractivity contribution in [2.75, 3.05) is 12.4 Å². The van der Waals surface area contributed by atoms with Crippen molar-refractivity contribution in [1.82, 2.24) is 16.0 Å². The van der Waals surface area contributed by atoms with E-state index in [-0.39, 0.29) is 24.4 Å². The summed E-state index contributed by atoms with van der Waals surface area (Å²) in [6.45, 7) is 1.67. The van der Waals surface area contributed by atoms with E-state index in [0.717, 1.165) is 5.56 Å². The predicted octanol–water partition coefficient (Wildman–Crippen LogP) is 3.68. The Bertz CT molecular complexity index is 842. The number of aliphatic imine (C=N–C) groups is 1. The van der Waals surface area contributed by atoms with Crippen molar-refractivity contribution in [1.29, 1.82) is 0 Å². The van der Waals surface area contributed by atoms with Crippen molar-refractivity contribution in [3.05, 3.63) is 59.7 Å². The number of benzene rings is 2. The molecule has 0 aliphatic rings. The maximum atomic E-state index is 12.5. The average Bonchev–Trinajstić information content (AvgIpc) is 2.69. The van der Waals surface area contributed by atoms with Gasteiger partial charge in [-0.05, 0) is 37.6 Å². The third kappa shape index (κ3) is 7.94. The lowest BCUT2D eigenvalue weighted by atomic mass is 10.2. The second-order valence-electron chi connectivity index (χ2n) is 6.72. The SMILES string of the molecule is CN=C(NCc1ccc(NC(=O)NC(C)C)cc1)NCc1ccccc1OC(F)F. The van der Waals surface area contributed by atoms with Crippen LogP contribution in [0.1, 0.15) is 25.0 Å². The van der Waals surface area contributed by atoms with Crippen LogP contribution in [0, 0.1) is 0 Å². The Balaban J connectivity index is 1.85. The van der Waals surface area contributed by atoms with Crippen LogP contribution in [-0.4, -0.2) is 31.7 Å². The average molecular weight is 419 g/mol. The molecular formula is C21H27F2N5O2. The molecule has 2 aromatic rings. The van der Waals surface area contributed by atoms with E-state index in [2.05, 4.69) is 31.0 Å². The molecule has 2 rings (SSSR count). The number of amides is 2. The number of halogens is 2. The van der Waals surface area contributed by atoms with Crippen LogP contribution in [0.15, 0.2) is 53.5 Å². The van der Waals surface area contributed by atoms with Gasteiger partial charge in [-0.25, -0.2) is 4.79 Å². The number of ether oxygens (including phenoxy) is 1. The second-order valence-corrected chi connectivity index (χ2v) is 6.72. The molecule has 0 atom stereocenters. The molecule has 0 bridgehead atoms. The molecule has 0 aliphatic carbocycles. The summed E-state index contributed by atoms with van der Waals surface area (Å²) in [7, 11) is 1.62. The Morgan fingerprint density at radius 2 is 1.70 bits per heavy atom. The fourth-order valence-corrected chi connectivity index (χ4v) is 2.58. The Labute approximate surface area is 174 Å². The topological polar surface area (TPSA) is 86.8 Å². The summed E-state index contributed by atoms with van der Waals surface area (Å²) >= 11 is 0. The number of carbonyl (C=O) groups excluding carboxylic acids is 1. The Kier molecular flexibility index (Phi) is 8.86. The molecule has 0 spiro atoms. The van der Waals surface area contributed by atoms with Gasteiger partial charge in [-0.3, -0.25) is 4.99 Å². The highest BCUT2D eigenvalue weighted by Crippen LogP contribution is 2.19. The minimum absolute atomic E-state index is 0.0571.